The first-order chi connectivity index (χ1) is 17.0. The van der Waals surface area contributed by atoms with E-state index in [0.717, 1.165) is 64.3 Å². The topological polar surface area (TPSA) is 86.3 Å². The molecule has 37 heavy (non-hydrogen) atoms. The normalized spacial score (nSPS) is 15.0. The molecule has 2 aromatic carbocycles. The summed E-state index contributed by atoms with van der Waals surface area (Å²) in [5, 5.41) is 0.844. The predicted molar refractivity (Wildman–Crippen MR) is 156 cm³/mol. The van der Waals surface area contributed by atoms with Gasteiger partial charge in [-0.05, 0) is 68.2 Å². The van der Waals surface area contributed by atoms with Crippen molar-refractivity contribution in [3.63, 3.8) is 0 Å². The maximum atomic E-state index is 12.3. The molecule has 0 spiro atoms. The molecule has 1 unspecified atom stereocenters. The van der Waals surface area contributed by atoms with E-state index in [-0.39, 0.29) is 32.9 Å². The molecule has 3 heterocycles. The predicted octanol–water partition coefficient (Wildman–Crippen LogP) is 6.19. The number of aryl methyl sites for hydroxylation is 1. The van der Waals surface area contributed by atoms with Crippen LogP contribution >= 0.6 is 13.5 Å². The van der Waals surface area contributed by atoms with Gasteiger partial charge in [0.2, 0.25) is 5.91 Å². The van der Waals surface area contributed by atoms with Gasteiger partial charge in [-0.15, -0.1) is 0 Å². The van der Waals surface area contributed by atoms with Crippen LogP contribution in [0.1, 0.15) is 37.6 Å². The lowest BCUT2D eigenvalue weighted by Gasteiger charge is -2.34. The van der Waals surface area contributed by atoms with Crippen molar-refractivity contribution in [2.75, 3.05) is 18.8 Å². The molecule has 2 N–H and O–H groups in total. The number of aromatic nitrogens is 3. The van der Waals surface area contributed by atoms with Crippen molar-refractivity contribution in [3.05, 3.63) is 78.8 Å². The van der Waals surface area contributed by atoms with Crippen LogP contribution in [-0.2, 0) is 4.79 Å². The van der Waals surface area contributed by atoms with E-state index in [4.69, 9.17) is 10.5 Å². The highest BCUT2D eigenvalue weighted by Crippen LogP contribution is 2.41. The van der Waals surface area contributed by atoms with Crippen LogP contribution in [0, 0.1) is 13.8 Å². The number of nitrogens with two attached hydrogens (primary N) is 1. The number of hydrogen-bond donors (Lipinski definition) is 1. The number of hydrogen-bond acceptors (Lipinski definition) is 5. The minimum absolute atomic E-state index is 0. The number of fused-ring (bicyclic) bond motifs is 1. The van der Waals surface area contributed by atoms with Crippen molar-refractivity contribution in [2.45, 2.75) is 40.2 Å². The zero-order valence-electron chi connectivity index (χ0n) is 20.6. The second-order valence-electron chi connectivity index (χ2n) is 8.96. The van der Waals surface area contributed by atoms with Gasteiger partial charge in [-0.25, -0.2) is 9.97 Å². The van der Waals surface area contributed by atoms with Gasteiger partial charge in [-0.2, -0.15) is 13.5 Å². The number of piperidine rings is 1. The van der Waals surface area contributed by atoms with E-state index < -0.39 is 0 Å². The Kier molecular flexibility index (Phi) is 8.65. The summed E-state index contributed by atoms with van der Waals surface area (Å²) in [6, 6.07) is 15.9. The van der Waals surface area contributed by atoms with E-state index in [1.54, 1.807) is 0 Å². The van der Waals surface area contributed by atoms with Crippen LogP contribution in [0.2, 0.25) is 0 Å². The third-order valence-electron chi connectivity index (χ3n) is 6.75. The van der Waals surface area contributed by atoms with Crippen LogP contribution in [0.3, 0.4) is 0 Å². The van der Waals surface area contributed by atoms with E-state index >= 15 is 0 Å². The van der Waals surface area contributed by atoms with Gasteiger partial charge in [0, 0.05) is 24.3 Å². The van der Waals surface area contributed by atoms with Crippen molar-refractivity contribution in [2.24, 2.45) is 0 Å². The Balaban J connectivity index is 0.00000190. The van der Waals surface area contributed by atoms with Crippen molar-refractivity contribution in [3.8, 4) is 22.6 Å². The van der Waals surface area contributed by atoms with Crippen LogP contribution < -0.4 is 10.5 Å². The summed E-state index contributed by atoms with van der Waals surface area (Å²) >= 11 is 0. The van der Waals surface area contributed by atoms with E-state index in [1.807, 2.05) is 47.4 Å². The van der Waals surface area contributed by atoms with E-state index in [0.29, 0.717) is 12.4 Å². The molecule has 1 atom stereocenters. The lowest BCUT2D eigenvalue weighted by molar-refractivity contribution is -0.127. The SMILES string of the molecule is C.C=CC(=O)N1CCCC(n2c(C)c(-c3ccc(Oc4ccccc4)cc3C)c3c(N)ncnc32)C1.S. The van der Waals surface area contributed by atoms with E-state index in [1.165, 1.54) is 12.4 Å². The van der Waals surface area contributed by atoms with Crippen LogP contribution in [0.25, 0.3) is 22.2 Å². The zero-order valence-corrected chi connectivity index (χ0v) is 21.6. The molecule has 7 nitrogen and oxygen atoms in total. The summed E-state index contributed by atoms with van der Waals surface area (Å²) in [7, 11) is 0. The van der Waals surface area contributed by atoms with Gasteiger partial charge in [0.25, 0.3) is 0 Å². The van der Waals surface area contributed by atoms with Crippen molar-refractivity contribution in [1.82, 2.24) is 19.4 Å². The fraction of sp³-hybridized carbons (Fsp3) is 0.276. The minimum atomic E-state index is -0.0389. The van der Waals surface area contributed by atoms with Gasteiger partial charge >= 0.3 is 0 Å². The Hall–Kier alpha value is -3.78. The van der Waals surface area contributed by atoms with Crippen molar-refractivity contribution < 1.29 is 9.53 Å². The molecule has 1 amide bonds. The third-order valence-corrected chi connectivity index (χ3v) is 6.75. The number of nitrogens with zero attached hydrogens (tertiary/aromatic N) is 4. The fourth-order valence-corrected chi connectivity index (χ4v) is 5.15. The summed E-state index contributed by atoms with van der Waals surface area (Å²) in [5.41, 5.74) is 11.4. The summed E-state index contributed by atoms with van der Waals surface area (Å²) in [6.45, 7) is 9.17. The molecule has 1 fully saturated rings. The molecule has 1 saturated heterocycles. The smallest absolute Gasteiger partial charge is 0.246 e. The summed E-state index contributed by atoms with van der Waals surface area (Å²) in [4.78, 5) is 23.1. The molecular weight excluding hydrogens is 482 g/mol. The Morgan fingerprint density at radius 2 is 1.89 bits per heavy atom. The summed E-state index contributed by atoms with van der Waals surface area (Å²) in [5.74, 6) is 1.98. The second kappa shape index (κ2) is 11.5. The molecule has 1 aliphatic heterocycles. The van der Waals surface area contributed by atoms with Gasteiger partial charge in [0.05, 0.1) is 11.4 Å². The number of nitrogen functional groups attached to an aromatic ring is 1. The first kappa shape index (κ1) is 27.8. The molecule has 4 aromatic rings. The van der Waals surface area contributed by atoms with Crippen molar-refractivity contribution in [1.29, 1.82) is 0 Å². The van der Waals surface area contributed by atoms with Crippen LogP contribution in [0.15, 0.2) is 67.5 Å². The average molecular weight is 518 g/mol. The highest BCUT2D eigenvalue weighted by Gasteiger charge is 2.29. The van der Waals surface area contributed by atoms with E-state index in [2.05, 4.69) is 41.0 Å². The number of para-hydroxylation sites is 1. The number of rotatable bonds is 5. The average Bonchev–Trinajstić information content (AvgIpc) is 3.17. The summed E-state index contributed by atoms with van der Waals surface area (Å²) < 4.78 is 8.27. The zero-order chi connectivity index (χ0) is 24.5. The first-order valence-corrected chi connectivity index (χ1v) is 11.8. The minimum Gasteiger partial charge on any atom is -0.457 e. The number of amides is 1. The number of likely N-dealkylation sites (tertiary alicyclic amines) is 1. The Morgan fingerprint density at radius 3 is 2.59 bits per heavy atom. The van der Waals surface area contributed by atoms with E-state index in [9.17, 15) is 4.79 Å². The molecule has 194 valence electrons. The molecule has 0 aliphatic carbocycles. The molecule has 0 bridgehead atoms. The van der Waals surface area contributed by atoms with Crippen LogP contribution in [-0.4, -0.2) is 38.4 Å². The second-order valence-corrected chi connectivity index (χ2v) is 8.96. The van der Waals surface area contributed by atoms with Crippen LogP contribution in [0.5, 0.6) is 11.5 Å². The quantitative estimate of drug-likeness (QED) is 0.319. The Morgan fingerprint density at radius 1 is 1.14 bits per heavy atom. The molecule has 0 saturated carbocycles. The highest BCUT2D eigenvalue weighted by atomic mass is 32.1. The maximum Gasteiger partial charge on any atom is 0.246 e. The Labute approximate surface area is 225 Å². The number of ether oxygens (including phenoxy) is 1. The lowest BCUT2D eigenvalue weighted by Crippen LogP contribution is -2.40. The largest absolute Gasteiger partial charge is 0.457 e. The Bertz CT molecular complexity index is 1420. The number of anilines is 1. The van der Waals surface area contributed by atoms with Gasteiger partial charge < -0.3 is 19.9 Å². The molecule has 2 aromatic heterocycles. The molecule has 1 aliphatic rings. The molecule has 5 rings (SSSR count). The number of carbonyl (C=O) groups is 1. The maximum absolute atomic E-state index is 12.3. The number of benzene rings is 2. The third kappa shape index (κ3) is 5.20. The van der Waals surface area contributed by atoms with Crippen LogP contribution in [0.4, 0.5) is 5.82 Å². The highest BCUT2D eigenvalue weighted by molar-refractivity contribution is 7.59. The number of carbonyl (C=O) groups excluding carboxylic acids is 1. The van der Waals surface area contributed by atoms with Gasteiger partial charge in [0.15, 0.2) is 0 Å². The summed E-state index contributed by atoms with van der Waals surface area (Å²) in [6.07, 6.45) is 4.77. The molecular formula is C29H35N5O2S. The van der Waals surface area contributed by atoms with Gasteiger partial charge in [-0.3, -0.25) is 4.79 Å². The first-order valence-electron chi connectivity index (χ1n) is 11.8. The standard InChI is InChI=1S/C28H29N5O2.CH4.H2S/c1-4-24(34)32-14-8-9-20(16-32)33-19(3)25(26-27(29)30-17-31-28(26)33)23-13-12-22(15-18(23)2)35-21-10-6-5-7-11-21;;/h4-7,10-13,15,17,20H,1,8-9,14,16H2,2-3H3,(H2,29,30,31);1H4;1H2. The fourth-order valence-electron chi connectivity index (χ4n) is 5.15. The molecule has 8 heteroatoms. The van der Waals surface area contributed by atoms with Crippen molar-refractivity contribution >= 4 is 36.3 Å². The van der Waals surface area contributed by atoms with Gasteiger partial charge in [0.1, 0.15) is 29.3 Å². The molecule has 0 radical (unpaired) electrons. The lowest BCUT2D eigenvalue weighted by atomic mass is 9.98. The monoisotopic (exact) mass is 517 g/mol. The van der Waals surface area contributed by atoms with Gasteiger partial charge in [-0.1, -0.05) is 38.3 Å².